The standard InChI is InChI=1S/C21H23Br2ClN2O3/c1-9(2)6-14(19(27)25-11-5-3-4-10(24)7-11)26-20(28)15-12-8-13(16(15)21(26)29)18(23)17(12)22/h3-5,7,9,12-18H,6,8H2,1-2H3,(H,25,27)/t12-,13-,14-,15-,16-,17-,18+/m1/s1. The second kappa shape index (κ2) is 7.97. The molecular weight excluding hydrogens is 524 g/mol. The number of halogens is 3. The van der Waals surface area contributed by atoms with Crippen LogP contribution in [0.1, 0.15) is 26.7 Å². The summed E-state index contributed by atoms with van der Waals surface area (Å²) in [5.74, 6) is -0.959. The first-order chi connectivity index (χ1) is 13.7. The fourth-order valence-electron chi connectivity index (χ4n) is 5.25. The molecule has 0 radical (unpaired) electrons. The zero-order valence-electron chi connectivity index (χ0n) is 16.1. The van der Waals surface area contributed by atoms with E-state index in [4.69, 9.17) is 11.6 Å². The fraction of sp³-hybridized carbons (Fsp3) is 0.571. The van der Waals surface area contributed by atoms with Crippen LogP contribution in [0.25, 0.3) is 0 Å². The summed E-state index contributed by atoms with van der Waals surface area (Å²) in [4.78, 5) is 41.4. The lowest BCUT2D eigenvalue weighted by molar-refractivity contribution is -0.147. The molecule has 1 aliphatic heterocycles. The Hall–Kier alpha value is -0.920. The molecule has 0 spiro atoms. The van der Waals surface area contributed by atoms with E-state index in [2.05, 4.69) is 37.2 Å². The van der Waals surface area contributed by atoms with Crippen LogP contribution >= 0.6 is 43.5 Å². The number of nitrogens with zero attached hydrogens (tertiary/aromatic N) is 1. The molecule has 2 bridgehead atoms. The summed E-state index contributed by atoms with van der Waals surface area (Å²) in [6.45, 7) is 3.97. The average Bonchev–Trinajstić information content (AvgIpc) is 3.25. The van der Waals surface area contributed by atoms with E-state index in [0.717, 1.165) is 6.42 Å². The van der Waals surface area contributed by atoms with Crippen molar-refractivity contribution in [3.8, 4) is 0 Å². The highest BCUT2D eigenvalue weighted by atomic mass is 79.9. The molecule has 1 heterocycles. The van der Waals surface area contributed by atoms with Gasteiger partial charge in [0.25, 0.3) is 0 Å². The first kappa shape index (κ1) is 21.3. The molecule has 5 nitrogen and oxygen atoms in total. The first-order valence-corrected chi connectivity index (χ1v) is 12.1. The molecule has 2 saturated carbocycles. The Balaban J connectivity index is 1.61. The average molecular weight is 547 g/mol. The zero-order chi connectivity index (χ0) is 21.0. The van der Waals surface area contributed by atoms with Crippen molar-refractivity contribution >= 4 is 66.9 Å². The predicted molar refractivity (Wildman–Crippen MR) is 119 cm³/mol. The number of fused-ring (bicyclic) bond motifs is 5. The van der Waals surface area contributed by atoms with E-state index in [1.807, 2.05) is 13.8 Å². The van der Waals surface area contributed by atoms with Gasteiger partial charge >= 0.3 is 0 Å². The monoisotopic (exact) mass is 544 g/mol. The topological polar surface area (TPSA) is 66.5 Å². The smallest absolute Gasteiger partial charge is 0.247 e. The number of hydrogen-bond acceptors (Lipinski definition) is 3. The van der Waals surface area contributed by atoms with Crippen LogP contribution in [-0.4, -0.2) is 38.3 Å². The van der Waals surface area contributed by atoms with E-state index in [1.54, 1.807) is 24.3 Å². The molecule has 1 aromatic rings. The van der Waals surface area contributed by atoms with Gasteiger partial charge in [-0.2, -0.15) is 0 Å². The van der Waals surface area contributed by atoms with Crippen molar-refractivity contribution in [1.29, 1.82) is 0 Å². The van der Waals surface area contributed by atoms with Crippen molar-refractivity contribution in [2.45, 2.75) is 42.4 Å². The normalized spacial score (nSPS) is 34.1. The molecule has 8 heteroatoms. The van der Waals surface area contributed by atoms with Gasteiger partial charge in [0.05, 0.1) is 11.8 Å². The molecule has 3 amide bonds. The van der Waals surface area contributed by atoms with Gasteiger partial charge in [0.15, 0.2) is 0 Å². The van der Waals surface area contributed by atoms with Gasteiger partial charge in [-0.15, -0.1) is 0 Å². The maximum absolute atomic E-state index is 13.3. The van der Waals surface area contributed by atoms with E-state index in [1.165, 1.54) is 4.90 Å². The Bertz CT molecular complexity index is 832. The van der Waals surface area contributed by atoms with E-state index in [9.17, 15) is 14.4 Å². The number of likely N-dealkylation sites (tertiary alicyclic amines) is 1. The largest absolute Gasteiger partial charge is 0.324 e. The summed E-state index contributed by atoms with van der Waals surface area (Å²) >= 11 is 13.4. The SMILES string of the molecule is CC(C)C[C@H](C(=O)Nc1cccc(Cl)c1)N1C(=O)[C@@H]2[C@H]3C[C@@H]([C@@H](Br)[C@H]3Br)[C@H]2C1=O. The Morgan fingerprint density at radius 3 is 2.28 bits per heavy atom. The van der Waals surface area contributed by atoms with Crippen molar-refractivity contribution in [1.82, 2.24) is 4.90 Å². The number of rotatable bonds is 5. The van der Waals surface area contributed by atoms with Crippen LogP contribution in [-0.2, 0) is 14.4 Å². The van der Waals surface area contributed by atoms with Crippen molar-refractivity contribution in [3.63, 3.8) is 0 Å². The van der Waals surface area contributed by atoms with Gasteiger partial charge in [0.2, 0.25) is 17.7 Å². The summed E-state index contributed by atoms with van der Waals surface area (Å²) in [6.07, 6.45) is 1.30. The van der Waals surface area contributed by atoms with Crippen LogP contribution in [0.4, 0.5) is 5.69 Å². The van der Waals surface area contributed by atoms with Gasteiger partial charge < -0.3 is 5.32 Å². The highest BCUT2D eigenvalue weighted by molar-refractivity contribution is 9.12. The summed E-state index contributed by atoms with van der Waals surface area (Å²) < 4.78 is 0. The van der Waals surface area contributed by atoms with Crippen LogP contribution in [0.5, 0.6) is 0 Å². The fourth-order valence-corrected chi connectivity index (χ4v) is 7.31. The Morgan fingerprint density at radius 2 is 1.76 bits per heavy atom. The molecule has 7 atom stereocenters. The Labute approximate surface area is 192 Å². The molecule has 29 heavy (non-hydrogen) atoms. The maximum Gasteiger partial charge on any atom is 0.247 e. The Kier molecular flexibility index (Phi) is 5.86. The first-order valence-electron chi connectivity index (χ1n) is 9.92. The van der Waals surface area contributed by atoms with Gasteiger partial charge in [-0.3, -0.25) is 19.3 Å². The van der Waals surface area contributed by atoms with Crippen LogP contribution in [0.3, 0.4) is 0 Å². The number of benzene rings is 1. The minimum Gasteiger partial charge on any atom is -0.324 e. The van der Waals surface area contributed by atoms with Crippen molar-refractivity contribution in [2.75, 3.05) is 5.32 Å². The second-order valence-electron chi connectivity index (χ2n) is 8.70. The van der Waals surface area contributed by atoms with E-state index in [0.29, 0.717) is 17.1 Å². The second-order valence-corrected chi connectivity index (χ2v) is 11.2. The third-order valence-corrected chi connectivity index (χ3v) is 9.86. The number of carbonyl (C=O) groups excluding carboxylic acids is 3. The van der Waals surface area contributed by atoms with Gasteiger partial charge in [-0.25, -0.2) is 0 Å². The molecule has 1 N–H and O–H groups in total. The van der Waals surface area contributed by atoms with Crippen LogP contribution < -0.4 is 5.32 Å². The number of imide groups is 1. The predicted octanol–water partition coefficient (Wildman–Crippen LogP) is 4.47. The maximum atomic E-state index is 13.3. The molecule has 3 fully saturated rings. The molecular formula is C21H23Br2ClN2O3. The van der Waals surface area contributed by atoms with E-state index < -0.39 is 6.04 Å². The highest BCUT2D eigenvalue weighted by Crippen LogP contribution is 2.60. The third kappa shape index (κ3) is 3.57. The molecule has 1 saturated heterocycles. The minimum atomic E-state index is -0.818. The van der Waals surface area contributed by atoms with Crippen LogP contribution in [0, 0.1) is 29.6 Å². The number of alkyl halides is 2. The summed E-state index contributed by atoms with van der Waals surface area (Å²) in [5, 5.41) is 3.35. The molecule has 0 unspecified atom stereocenters. The van der Waals surface area contributed by atoms with Crippen molar-refractivity contribution in [2.24, 2.45) is 29.6 Å². The van der Waals surface area contributed by atoms with Crippen LogP contribution in [0.2, 0.25) is 5.02 Å². The van der Waals surface area contributed by atoms with Gasteiger partial charge in [-0.05, 0) is 48.8 Å². The molecule has 4 rings (SSSR count). The lowest BCUT2D eigenvalue weighted by Crippen LogP contribution is -2.49. The lowest BCUT2D eigenvalue weighted by atomic mass is 9.81. The third-order valence-electron chi connectivity index (χ3n) is 6.42. The molecule has 0 aromatic heterocycles. The highest BCUT2D eigenvalue weighted by Gasteiger charge is 2.67. The number of hydrogen-bond donors (Lipinski definition) is 1. The van der Waals surface area contributed by atoms with Crippen LogP contribution in [0.15, 0.2) is 24.3 Å². The van der Waals surface area contributed by atoms with Crippen molar-refractivity contribution < 1.29 is 14.4 Å². The number of anilines is 1. The molecule has 156 valence electrons. The number of amides is 3. The summed E-state index contributed by atoms with van der Waals surface area (Å²) in [5.41, 5.74) is 0.552. The van der Waals surface area contributed by atoms with Gasteiger partial charge in [0, 0.05) is 20.4 Å². The quantitative estimate of drug-likeness (QED) is 0.438. The van der Waals surface area contributed by atoms with E-state index >= 15 is 0 Å². The lowest BCUT2D eigenvalue weighted by Gasteiger charge is -2.28. The van der Waals surface area contributed by atoms with E-state index in [-0.39, 0.29) is 57.0 Å². The summed E-state index contributed by atoms with van der Waals surface area (Å²) in [7, 11) is 0. The molecule has 3 aliphatic rings. The van der Waals surface area contributed by atoms with Gasteiger partial charge in [-0.1, -0.05) is 63.4 Å². The molecule has 2 aliphatic carbocycles. The zero-order valence-corrected chi connectivity index (χ0v) is 20.1. The number of carbonyl (C=O) groups is 3. The van der Waals surface area contributed by atoms with Gasteiger partial charge in [0.1, 0.15) is 6.04 Å². The molecule has 1 aromatic carbocycles. The number of nitrogens with one attached hydrogen (secondary N) is 1. The van der Waals surface area contributed by atoms with Crippen molar-refractivity contribution in [3.05, 3.63) is 29.3 Å². The minimum absolute atomic E-state index is 0.131. The summed E-state index contributed by atoms with van der Waals surface area (Å²) in [6, 6.07) is 6.04. The Morgan fingerprint density at radius 1 is 1.17 bits per heavy atom.